The quantitative estimate of drug-likeness (QED) is 0.474. The minimum absolute atomic E-state index is 0.0787. The lowest BCUT2D eigenvalue weighted by Crippen LogP contribution is -2.40. The van der Waals surface area contributed by atoms with E-state index in [4.69, 9.17) is 0 Å². The van der Waals surface area contributed by atoms with Crippen molar-refractivity contribution in [1.29, 1.82) is 0 Å². The number of phenolic OH excluding ortho intramolecular Hbond substituents is 1. The Balaban J connectivity index is 1.87. The number of aromatic hydroxyl groups is 1. The number of benzene rings is 3. The number of Topliss-reactive ketones (excluding diaryl/α,β-unsaturated/α-hetero) is 2. The van der Waals surface area contributed by atoms with Gasteiger partial charge in [-0.25, -0.2) is 0 Å². The summed E-state index contributed by atoms with van der Waals surface area (Å²) < 4.78 is 0. The average Bonchev–Trinajstić information content (AvgIpc) is 2.79. The molecule has 0 radical (unpaired) electrons. The molecule has 1 aliphatic carbocycles. The Morgan fingerprint density at radius 3 is 1.71 bits per heavy atom. The minimum atomic E-state index is -1.02. The normalized spacial score (nSPS) is 20.7. The summed E-state index contributed by atoms with van der Waals surface area (Å²) in [7, 11) is 0. The first-order valence-corrected chi connectivity index (χ1v) is 10.2. The van der Waals surface area contributed by atoms with E-state index in [0.717, 1.165) is 0 Å². The maximum absolute atomic E-state index is 13.6. The summed E-state index contributed by atoms with van der Waals surface area (Å²) in [6, 6.07) is 24.0. The van der Waals surface area contributed by atoms with Crippen LogP contribution >= 0.6 is 0 Å². The first-order chi connectivity index (χ1) is 15.0. The van der Waals surface area contributed by atoms with E-state index in [1.165, 1.54) is 18.2 Å². The van der Waals surface area contributed by atoms with E-state index in [-0.39, 0.29) is 23.1 Å². The van der Waals surface area contributed by atoms with Crippen LogP contribution in [-0.2, 0) is 4.79 Å². The van der Waals surface area contributed by atoms with Crippen molar-refractivity contribution in [3.8, 4) is 5.75 Å². The Kier molecular flexibility index (Phi) is 5.63. The summed E-state index contributed by atoms with van der Waals surface area (Å²) in [4.78, 5) is 40.1. The molecular formula is C27H22O4. The van der Waals surface area contributed by atoms with Crippen LogP contribution in [0.3, 0.4) is 0 Å². The molecule has 0 aliphatic heterocycles. The summed E-state index contributed by atoms with van der Waals surface area (Å²) in [6.45, 7) is 1.76. The second-order valence-corrected chi connectivity index (χ2v) is 7.82. The molecule has 3 atom stereocenters. The molecule has 0 aromatic heterocycles. The van der Waals surface area contributed by atoms with Crippen LogP contribution in [0.15, 0.2) is 96.6 Å². The molecule has 0 saturated heterocycles. The SMILES string of the molecule is CC1=CC(=O)C(C(=O)c2ccccc2)C(c2ccc(O)cc2)C1C(=O)c1ccccc1. The van der Waals surface area contributed by atoms with Gasteiger partial charge in [0.25, 0.3) is 0 Å². The third-order valence-corrected chi connectivity index (χ3v) is 5.84. The molecule has 4 heteroatoms. The summed E-state index contributed by atoms with van der Waals surface area (Å²) in [6.07, 6.45) is 1.44. The molecule has 1 N–H and O–H groups in total. The maximum Gasteiger partial charge on any atom is 0.174 e. The van der Waals surface area contributed by atoms with Gasteiger partial charge < -0.3 is 5.11 Å². The molecule has 4 nitrogen and oxygen atoms in total. The van der Waals surface area contributed by atoms with E-state index in [1.54, 1.807) is 67.6 Å². The lowest BCUT2D eigenvalue weighted by atomic mass is 9.64. The van der Waals surface area contributed by atoms with Crippen molar-refractivity contribution in [2.45, 2.75) is 12.8 Å². The molecule has 0 amide bonds. The predicted octanol–water partition coefficient (Wildman–Crippen LogP) is 5.00. The average molecular weight is 410 g/mol. The van der Waals surface area contributed by atoms with Crippen LogP contribution in [0.1, 0.15) is 39.1 Å². The smallest absolute Gasteiger partial charge is 0.174 e. The fourth-order valence-electron chi connectivity index (χ4n) is 4.36. The van der Waals surface area contributed by atoms with Gasteiger partial charge in [-0.2, -0.15) is 0 Å². The van der Waals surface area contributed by atoms with Gasteiger partial charge in [-0.3, -0.25) is 14.4 Å². The molecule has 0 bridgehead atoms. The Labute approximate surface area is 180 Å². The second kappa shape index (κ2) is 8.52. The third kappa shape index (κ3) is 3.97. The largest absolute Gasteiger partial charge is 0.508 e. The van der Waals surface area contributed by atoms with Gasteiger partial charge in [0.1, 0.15) is 5.75 Å². The van der Waals surface area contributed by atoms with Gasteiger partial charge in [-0.1, -0.05) is 78.4 Å². The number of ketones is 3. The Morgan fingerprint density at radius 1 is 0.710 bits per heavy atom. The molecule has 0 spiro atoms. The molecule has 0 heterocycles. The van der Waals surface area contributed by atoms with Gasteiger partial charge in [0.2, 0.25) is 0 Å². The fraction of sp³-hybridized carbons (Fsp3) is 0.148. The zero-order chi connectivity index (χ0) is 22.0. The highest BCUT2D eigenvalue weighted by molar-refractivity contribution is 6.17. The predicted molar refractivity (Wildman–Crippen MR) is 118 cm³/mol. The summed E-state index contributed by atoms with van der Waals surface area (Å²) in [5.74, 6) is -3.02. The highest BCUT2D eigenvalue weighted by atomic mass is 16.3. The second-order valence-electron chi connectivity index (χ2n) is 7.82. The monoisotopic (exact) mass is 410 g/mol. The summed E-state index contributed by atoms with van der Waals surface area (Å²) in [5.41, 5.74) is 2.27. The van der Waals surface area contributed by atoms with E-state index in [2.05, 4.69) is 0 Å². The lowest BCUT2D eigenvalue weighted by Gasteiger charge is -2.35. The number of hydrogen-bond donors (Lipinski definition) is 1. The van der Waals surface area contributed by atoms with Gasteiger partial charge in [0.15, 0.2) is 17.3 Å². The number of allylic oxidation sites excluding steroid dienone is 2. The molecule has 4 rings (SSSR count). The minimum Gasteiger partial charge on any atom is -0.508 e. The van der Waals surface area contributed by atoms with E-state index in [0.29, 0.717) is 22.3 Å². The van der Waals surface area contributed by atoms with E-state index < -0.39 is 17.8 Å². The number of rotatable bonds is 5. The molecule has 0 fully saturated rings. The van der Waals surface area contributed by atoms with Crippen molar-refractivity contribution in [2.24, 2.45) is 11.8 Å². The van der Waals surface area contributed by atoms with Crippen molar-refractivity contribution in [3.05, 3.63) is 113 Å². The van der Waals surface area contributed by atoms with Crippen LogP contribution in [0.4, 0.5) is 0 Å². The first kappa shape index (κ1) is 20.5. The Hall–Kier alpha value is -3.79. The van der Waals surface area contributed by atoms with Crippen LogP contribution in [0.25, 0.3) is 0 Å². The van der Waals surface area contributed by atoms with Crippen molar-refractivity contribution < 1.29 is 19.5 Å². The zero-order valence-electron chi connectivity index (χ0n) is 17.1. The van der Waals surface area contributed by atoms with Crippen LogP contribution in [0.2, 0.25) is 0 Å². The highest BCUT2D eigenvalue weighted by Gasteiger charge is 2.46. The highest BCUT2D eigenvalue weighted by Crippen LogP contribution is 2.44. The van der Waals surface area contributed by atoms with Crippen molar-refractivity contribution >= 4 is 17.3 Å². The van der Waals surface area contributed by atoms with Gasteiger partial charge in [-0.05, 0) is 30.7 Å². The molecule has 3 aromatic rings. The van der Waals surface area contributed by atoms with E-state index >= 15 is 0 Å². The summed E-state index contributed by atoms with van der Waals surface area (Å²) in [5, 5.41) is 9.75. The molecular weight excluding hydrogens is 388 g/mol. The topological polar surface area (TPSA) is 71.4 Å². The summed E-state index contributed by atoms with van der Waals surface area (Å²) >= 11 is 0. The fourth-order valence-corrected chi connectivity index (χ4v) is 4.36. The number of carbonyl (C=O) groups excluding carboxylic acids is 3. The number of hydrogen-bond acceptors (Lipinski definition) is 4. The number of phenols is 1. The molecule has 0 saturated carbocycles. The van der Waals surface area contributed by atoms with E-state index in [9.17, 15) is 19.5 Å². The Bertz CT molecular complexity index is 1140. The first-order valence-electron chi connectivity index (χ1n) is 10.2. The van der Waals surface area contributed by atoms with Crippen LogP contribution in [0, 0.1) is 11.8 Å². The van der Waals surface area contributed by atoms with Crippen molar-refractivity contribution in [2.75, 3.05) is 0 Å². The molecule has 1 aliphatic rings. The number of carbonyl (C=O) groups is 3. The standard InChI is InChI=1S/C27H22O4/c1-17-16-22(29)25(27(31)20-10-6-3-7-11-20)24(18-12-14-21(28)15-13-18)23(17)26(30)19-8-4-2-5-9-19/h2-16,23-25,28H,1H3. The maximum atomic E-state index is 13.6. The molecule has 31 heavy (non-hydrogen) atoms. The van der Waals surface area contributed by atoms with Gasteiger partial charge >= 0.3 is 0 Å². The van der Waals surface area contributed by atoms with Crippen LogP contribution in [-0.4, -0.2) is 22.5 Å². The van der Waals surface area contributed by atoms with Gasteiger partial charge in [0.05, 0.1) is 11.8 Å². The third-order valence-electron chi connectivity index (χ3n) is 5.84. The van der Waals surface area contributed by atoms with E-state index in [1.807, 2.05) is 12.1 Å². The van der Waals surface area contributed by atoms with Crippen LogP contribution < -0.4 is 0 Å². The lowest BCUT2D eigenvalue weighted by molar-refractivity contribution is -0.118. The Morgan fingerprint density at radius 2 is 1.19 bits per heavy atom. The van der Waals surface area contributed by atoms with Crippen LogP contribution in [0.5, 0.6) is 5.75 Å². The molecule has 3 aromatic carbocycles. The molecule has 3 unspecified atom stereocenters. The van der Waals surface area contributed by atoms with Crippen molar-refractivity contribution in [3.63, 3.8) is 0 Å². The van der Waals surface area contributed by atoms with Gasteiger partial charge in [0, 0.05) is 17.0 Å². The zero-order valence-corrected chi connectivity index (χ0v) is 17.1. The van der Waals surface area contributed by atoms with Gasteiger partial charge in [-0.15, -0.1) is 0 Å². The molecule has 154 valence electrons. The van der Waals surface area contributed by atoms with Crippen molar-refractivity contribution in [1.82, 2.24) is 0 Å².